The highest BCUT2D eigenvalue weighted by Gasteiger charge is 2.27. The number of benzene rings is 1. The van der Waals surface area contributed by atoms with Crippen LogP contribution in [-0.4, -0.2) is 47.5 Å². The van der Waals surface area contributed by atoms with E-state index in [9.17, 15) is 9.59 Å². The van der Waals surface area contributed by atoms with E-state index in [1.165, 1.54) is 0 Å². The fraction of sp³-hybridized carbons (Fsp3) is 0.464. The molecule has 1 aromatic carbocycles. The summed E-state index contributed by atoms with van der Waals surface area (Å²) in [5.41, 5.74) is 4.81. The molecule has 192 valence electrons. The molecule has 0 bridgehead atoms. The number of pyridine rings is 1. The Kier molecular flexibility index (Phi) is 8.52. The molecule has 4 rings (SSSR count). The summed E-state index contributed by atoms with van der Waals surface area (Å²) in [5, 5.41) is 3.67. The Labute approximate surface area is 217 Å². The van der Waals surface area contributed by atoms with Crippen LogP contribution in [0.2, 0.25) is 5.02 Å². The number of anilines is 1. The summed E-state index contributed by atoms with van der Waals surface area (Å²) in [5.74, 6) is -0.543. The van der Waals surface area contributed by atoms with Gasteiger partial charge in [0.15, 0.2) is 0 Å². The van der Waals surface area contributed by atoms with Gasteiger partial charge in [0.05, 0.1) is 23.2 Å². The van der Waals surface area contributed by atoms with Gasteiger partial charge in [-0.1, -0.05) is 31.0 Å². The van der Waals surface area contributed by atoms with Crippen LogP contribution in [0.1, 0.15) is 45.2 Å². The fourth-order valence-electron chi connectivity index (χ4n) is 4.94. The third-order valence-corrected chi connectivity index (χ3v) is 7.31. The average Bonchev–Trinajstić information content (AvgIpc) is 3.23. The lowest BCUT2D eigenvalue weighted by molar-refractivity contribution is -0.148. The molecule has 3 heterocycles. The number of halogens is 1. The first-order valence-electron chi connectivity index (χ1n) is 12.9. The van der Waals surface area contributed by atoms with Crippen LogP contribution in [0.25, 0.3) is 16.9 Å². The lowest BCUT2D eigenvalue weighted by Crippen LogP contribution is -2.42. The van der Waals surface area contributed by atoms with Crippen LogP contribution < -0.4 is 10.2 Å². The van der Waals surface area contributed by atoms with Gasteiger partial charge in [0, 0.05) is 48.7 Å². The van der Waals surface area contributed by atoms with Crippen molar-refractivity contribution in [2.24, 2.45) is 11.8 Å². The molecular weight excluding hydrogens is 476 g/mol. The number of ether oxygens (including phenoxy) is 1. The summed E-state index contributed by atoms with van der Waals surface area (Å²) in [4.78, 5) is 32.1. The number of hydrogen-bond donors (Lipinski definition) is 1. The maximum atomic E-state index is 12.8. The van der Waals surface area contributed by atoms with Crippen molar-refractivity contribution in [2.45, 2.75) is 46.5 Å². The molecule has 1 aliphatic heterocycles. The quantitative estimate of drug-likeness (QED) is 0.396. The van der Waals surface area contributed by atoms with Gasteiger partial charge in [-0.2, -0.15) is 0 Å². The lowest BCUT2D eigenvalue weighted by atomic mass is 9.94. The predicted molar refractivity (Wildman–Crippen MR) is 143 cm³/mol. The van der Waals surface area contributed by atoms with Gasteiger partial charge in [-0.3, -0.25) is 9.59 Å². The second-order valence-corrected chi connectivity index (χ2v) is 9.79. The molecule has 1 atom stereocenters. The highest BCUT2D eigenvalue weighted by molar-refractivity contribution is 6.33. The summed E-state index contributed by atoms with van der Waals surface area (Å²) >= 11 is 6.60. The first-order valence-corrected chi connectivity index (χ1v) is 13.2. The molecule has 0 radical (unpaired) electrons. The number of nitrogens with one attached hydrogen (secondary N) is 1. The van der Waals surface area contributed by atoms with Crippen molar-refractivity contribution in [1.29, 1.82) is 0 Å². The minimum atomic E-state index is -0.283. The third kappa shape index (κ3) is 5.67. The number of amides is 1. The van der Waals surface area contributed by atoms with Crippen molar-refractivity contribution in [1.82, 2.24) is 14.7 Å². The Morgan fingerprint density at radius 1 is 1.19 bits per heavy atom. The van der Waals surface area contributed by atoms with Gasteiger partial charge < -0.3 is 19.4 Å². The molecule has 1 aliphatic rings. The smallest absolute Gasteiger partial charge is 0.310 e. The van der Waals surface area contributed by atoms with Gasteiger partial charge >= 0.3 is 5.97 Å². The van der Waals surface area contributed by atoms with E-state index in [1.807, 2.05) is 43.5 Å². The molecule has 1 saturated heterocycles. The maximum absolute atomic E-state index is 12.8. The van der Waals surface area contributed by atoms with Crippen LogP contribution in [0.4, 0.5) is 5.69 Å². The van der Waals surface area contributed by atoms with Crippen LogP contribution >= 0.6 is 11.6 Å². The molecule has 0 saturated carbocycles. The minimum Gasteiger partial charge on any atom is -0.466 e. The van der Waals surface area contributed by atoms with E-state index in [-0.39, 0.29) is 23.7 Å². The maximum Gasteiger partial charge on any atom is 0.310 e. The number of rotatable bonds is 9. The van der Waals surface area contributed by atoms with Gasteiger partial charge in [0.2, 0.25) is 5.91 Å². The number of nitrogens with zero attached hydrogens (tertiary/aromatic N) is 3. The zero-order chi connectivity index (χ0) is 25.7. The average molecular weight is 511 g/mol. The second-order valence-electron chi connectivity index (χ2n) is 9.38. The van der Waals surface area contributed by atoms with Gasteiger partial charge in [-0.25, -0.2) is 4.98 Å². The summed E-state index contributed by atoms with van der Waals surface area (Å²) < 4.78 is 7.22. The standard InChI is InChI=1S/C28H35ClN4O3/c1-4-8-21(28(35)36-5-2)18-30-27(34)20-12-15-32(16-13-20)22-10-11-24(29)23(17-22)26-19(3)33-14-7-6-9-25(33)31-26/h6-7,9-11,14,17,20-21H,4-5,8,12-13,15-16,18H2,1-3H3,(H,30,34). The van der Waals surface area contributed by atoms with E-state index < -0.39 is 0 Å². The highest BCUT2D eigenvalue weighted by atomic mass is 35.5. The summed E-state index contributed by atoms with van der Waals surface area (Å²) in [6.07, 6.45) is 5.10. The summed E-state index contributed by atoms with van der Waals surface area (Å²) in [6.45, 7) is 8.13. The van der Waals surface area contributed by atoms with Crippen LogP contribution in [-0.2, 0) is 14.3 Å². The van der Waals surface area contributed by atoms with Crippen molar-refractivity contribution in [3.63, 3.8) is 0 Å². The van der Waals surface area contributed by atoms with E-state index >= 15 is 0 Å². The first-order chi connectivity index (χ1) is 17.4. The first kappa shape index (κ1) is 26.0. The Hall–Kier alpha value is -3.06. The minimum absolute atomic E-state index is 0.0252. The molecule has 1 unspecified atom stereocenters. The Bertz CT molecular complexity index is 1220. The second kappa shape index (κ2) is 11.8. The zero-order valence-electron chi connectivity index (χ0n) is 21.3. The third-order valence-electron chi connectivity index (χ3n) is 6.98. The number of hydrogen-bond acceptors (Lipinski definition) is 5. The predicted octanol–water partition coefficient (Wildman–Crippen LogP) is 5.28. The van der Waals surface area contributed by atoms with Crippen LogP contribution in [0.3, 0.4) is 0 Å². The molecule has 36 heavy (non-hydrogen) atoms. The summed E-state index contributed by atoms with van der Waals surface area (Å²) in [6, 6.07) is 12.0. The van der Waals surface area contributed by atoms with Crippen LogP contribution in [0.15, 0.2) is 42.6 Å². The molecule has 0 aliphatic carbocycles. The monoisotopic (exact) mass is 510 g/mol. The normalized spacial score (nSPS) is 15.2. The highest BCUT2D eigenvalue weighted by Crippen LogP contribution is 2.35. The topological polar surface area (TPSA) is 75.9 Å². The molecule has 1 N–H and O–H groups in total. The number of aryl methyl sites for hydroxylation is 1. The number of imidazole rings is 1. The Morgan fingerprint density at radius 2 is 1.97 bits per heavy atom. The van der Waals surface area contributed by atoms with Crippen LogP contribution in [0, 0.1) is 18.8 Å². The number of piperidine rings is 1. The lowest BCUT2D eigenvalue weighted by Gasteiger charge is -2.33. The molecule has 0 spiro atoms. The largest absolute Gasteiger partial charge is 0.466 e. The molecule has 7 nitrogen and oxygen atoms in total. The van der Waals surface area contributed by atoms with Crippen molar-refractivity contribution >= 4 is 34.8 Å². The molecule has 8 heteroatoms. The molecular formula is C28H35ClN4O3. The van der Waals surface area contributed by atoms with Crippen LogP contribution in [0.5, 0.6) is 0 Å². The number of aromatic nitrogens is 2. The van der Waals surface area contributed by atoms with Gasteiger partial charge in [0.25, 0.3) is 0 Å². The van der Waals surface area contributed by atoms with E-state index in [4.69, 9.17) is 21.3 Å². The van der Waals surface area contributed by atoms with E-state index in [0.29, 0.717) is 24.6 Å². The SMILES string of the molecule is CCCC(CNC(=O)C1CCN(c2ccc(Cl)c(-c3nc4ccccn4c3C)c2)CC1)C(=O)OCC. The molecule has 1 amide bonds. The molecule has 2 aromatic heterocycles. The number of carbonyl (C=O) groups excluding carboxylic acids is 2. The van der Waals surface area contributed by atoms with E-state index in [1.54, 1.807) is 6.92 Å². The van der Waals surface area contributed by atoms with Gasteiger partial charge in [-0.15, -0.1) is 0 Å². The number of esters is 1. The van der Waals surface area contributed by atoms with Crippen molar-refractivity contribution < 1.29 is 14.3 Å². The van der Waals surface area contributed by atoms with Gasteiger partial charge in [-0.05, 0) is 63.4 Å². The van der Waals surface area contributed by atoms with Crippen molar-refractivity contribution in [2.75, 3.05) is 31.1 Å². The summed E-state index contributed by atoms with van der Waals surface area (Å²) in [7, 11) is 0. The van der Waals surface area contributed by atoms with Crippen molar-refractivity contribution in [3.8, 4) is 11.3 Å². The van der Waals surface area contributed by atoms with Crippen molar-refractivity contribution in [3.05, 3.63) is 53.3 Å². The fourth-order valence-corrected chi connectivity index (χ4v) is 5.15. The molecule has 3 aromatic rings. The Morgan fingerprint density at radius 3 is 2.67 bits per heavy atom. The zero-order valence-corrected chi connectivity index (χ0v) is 22.1. The Balaban J connectivity index is 1.39. The van der Waals surface area contributed by atoms with E-state index in [0.717, 1.165) is 60.6 Å². The number of fused-ring (bicyclic) bond motifs is 1. The van der Waals surface area contributed by atoms with E-state index in [2.05, 4.69) is 27.6 Å². The number of carbonyl (C=O) groups is 2. The van der Waals surface area contributed by atoms with Gasteiger partial charge in [0.1, 0.15) is 5.65 Å². The molecule has 1 fully saturated rings.